The first-order valence-electron chi connectivity index (χ1n) is 5.43. The molecule has 0 saturated carbocycles. The van der Waals surface area contributed by atoms with Crippen molar-refractivity contribution in [1.29, 1.82) is 0 Å². The fourth-order valence-electron chi connectivity index (χ4n) is 1.20. The van der Waals surface area contributed by atoms with Crippen molar-refractivity contribution in [3.8, 4) is 5.75 Å². The standard InChI is InChI=1S/C12H12F3NO3/c13-12(14,15)6-1-7-19-10-4-2-9(16-8-10)3-5-11(17)18/h2-5,8H,1,6-7H2,(H,17,18)/b5-3+. The minimum Gasteiger partial charge on any atom is -0.492 e. The van der Waals surface area contributed by atoms with E-state index in [0.29, 0.717) is 11.4 Å². The zero-order chi connectivity index (χ0) is 14.3. The maximum atomic E-state index is 11.9. The third-order valence-electron chi connectivity index (χ3n) is 2.03. The zero-order valence-electron chi connectivity index (χ0n) is 9.85. The Hall–Kier alpha value is -2.05. The second-order valence-corrected chi connectivity index (χ2v) is 3.66. The van der Waals surface area contributed by atoms with E-state index >= 15 is 0 Å². The van der Waals surface area contributed by atoms with Crippen molar-refractivity contribution in [1.82, 2.24) is 4.98 Å². The number of halogens is 3. The van der Waals surface area contributed by atoms with Gasteiger partial charge in [-0.05, 0) is 24.6 Å². The predicted octanol–water partition coefficient (Wildman–Crippen LogP) is 2.90. The van der Waals surface area contributed by atoms with Crippen molar-refractivity contribution in [3.05, 3.63) is 30.1 Å². The Morgan fingerprint density at radius 2 is 2.16 bits per heavy atom. The van der Waals surface area contributed by atoms with E-state index in [0.717, 1.165) is 6.08 Å². The summed E-state index contributed by atoms with van der Waals surface area (Å²) in [6.45, 7) is -0.0501. The molecule has 0 atom stereocenters. The monoisotopic (exact) mass is 275 g/mol. The van der Waals surface area contributed by atoms with Crippen LogP contribution in [0.25, 0.3) is 6.08 Å². The summed E-state index contributed by atoms with van der Waals surface area (Å²) >= 11 is 0. The van der Waals surface area contributed by atoms with Crippen molar-refractivity contribution < 1.29 is 27.8 Å². The molecule has 104 valence electrons. The van der Waals surface area contributed by atoms with Gasteiger partial charge in [0.1, 0.15) is 5.75 Å². The number of carboxylic acid groups (broad SMARTS) is 1. The smallest absolute Gasteiger partial charge is 0.389 e. The molecule has 0 fully saturated rings. The molecule has 0 bridgehead atoms. The van der Waals surface area contributed by atoms with E-state index in [1.165, 1.54) is 24.4 Å². The van der Waals surface area contributed by atoms with Gasteiger partial charge in [0.25, 0.3) is 0 Å². The summed E-state index contributed by atoms with van der Waals surface area (Å²) in [4.78, 5) is 14.1. The second-order valence-electron chi connectivity index (χ2n) is 3.66. The molecule has 0 amide bonds. The topological polar surface area (TPSA) is 59.4 Å². The summed E-state index contributed by atoms with van der Waals surface area (Å²) in [6.07, 6.45) is -1.62. The number of pyridine rings is 1. The Balaban J connectivity index is 2.38. The van der Waals surface area contributed by atoms with Gasteiger partial charge in [-0.2, -0.15) is 13.2 Å². The Morgan fingerprint density at radius 1 is 1.42 bits per heavy atom. The SMILES string of the molecule is O=C(O)/C=C/c1ccc(OCCCC(F)(F)F)cn1. The van der Waals surface area contributed by atoms with Gasteiger partial charge < -0.3 is 9.84 Å². The molecule has 7 heteroatoms. The van der Waals surface area contributed by atoms with E-state index < -0.39 is 18.6 Å². The molecule has 0 radical (unpaired) electrons. The number of carbonyl (C=O) groups is 1. The van der Waals surface area contributed by atoms with Gasteiger partial charge in [-0.1, -0.05) is 0 Å². The van der Waals surface area contributed by atoms with E-state index in [2.05, 4.69) is 4.98 Å². The van der Waals surface area contributed by atoms with Crippen LogP contribution in [-0.4, -0.2) is 28.8 Å². The Labute approximate surface area is 107 Å². The van der Waals surface area contributed by atoms with Crippen LogP contribution in [0.1, 0.15) is 18.5 Å². The molecule has 1 heterocycles. The summed E-state index contributed by atoms with van der Waals surface area (Å²) in [5, 5.41) is 8.41. The lowest BCUT2D eigenvalue weighted by Gasteiger charge is -2.07. The van der Waals surface area contributed by atoms with Gasteiger partial charge in [0.15, 0.2) is 0 Å². The Bertz CT molecular complexity index is 441. The molecular weight excluding hydrogens is 263 g/mol. The first-order valence-corrected chi connectivity index (χ1v) is 5.43. The molecule has 0 spiro atoms. The molecule has 19 heavy (non-hydrogen) atoms. The van der Waals surface area contributed by atoms with Crippen LogP contribution < -0.4 is 4.74 Å². The van der Waals surface area contributed by atoms with E-state index in [1.54, 1.807) is 0 Å². The van der Waals surface area contributed by atoms with Gasteiger partial charge in [0.2, 0.25) is 0 Å². The normalized spacial score (nSPS) is 11.7. The molecule has 0 aromatic carbocycles. The summed E-state index contributed by atoms with van der Waals surface area (Å²) in [5.74, 6) is -0.746. The molecule has 1 aromatic heterocycles. The highest BCUT2D eigenvalue weighted by Crippen LogP contribution is 2.21. The number of aromatic nitrogens is 1. The molecular formula is C12H12F3NO3. The van der Waals surface area contributed by atoms with Crippen LogP contribution in [-0.2, 0) is 4.79 Å². The fraction of sp³-hybridized carbons (Fsp3) is 0.333. The fourth-order valence-corrected chi connectivity index (χ4v) is 1.20. The van der Waals surface area contributed by atoms with Gasteiger partial charge in [-0.3, -0.25) is 4.98 Å². The first kappa shape index (κ1) is 15.0. The predicted molar refractivity (Wildman–Crippen MR) is 61.7 cm³/mol. The van der Waals surface area contributed by atoms with Gasteiger partial charge in [0, 0.05) is 12.5 Å². The largest absolute Gasteiger partial charge is 0.492 e. The Morgan fingerprint density at radius 3 is 2.68 bits per heavy atom. The lowest BCUT2D eigenvalue weighted by Crippen LogP contribution is -2.09. The number of nitrogens with zero attached hydrogens (tertiary/aromatic N) is 1. The van der Waals surface area contributed by atoms with Crippen molar-refractivity contribution >= 4 is 12.0 Å². The van der Waals surface area contributed by atoms with Crippen molar-refractivity contribution in [2.75, 3.05) is 6.61 Å². The number of rotatable bonds is 6. The molecule has 0 saturated heterocycles. The molecule has 1 aromatic rings. The summed E-state index contributed by atoms with van der Waals surface area (Å²) in [6, 6.07) is 3.03. The average molecular weight is 275 g/mol. The molecule has 1 rings (SSSR count). The van der Waals surface area contributed by atoms with Crippen LogP contribution in [0.4, 0.5) is 13.2 Å². The van der Waals surface area contributed by atoms with Crippen LogP contribution in [0.5, 0.6) is 5.75 Å². The number of ether oxygens (including phenoxy) is 1. The summed E-state index contributed by atoms with van der Waals surface area (Å²) in [5.41, 5.74) is 0.421. The highest BCUT2D eigenvalue weighted by molar-refractivity contribution is 5.84. The van der Waals surface area contributed by atoms with Crippen LogP contribution in [0.3, 0.4) is 0 Å². The molecule has 0 unspecified atom stereocenters. The second kappa shape index (κ2) is 6.77. The number of carboxylic acids is 1. The summed E-state index contributed by atoms with van der Waals surface area (Å²) < 4.78 is 40.7. The Kier molecular flexibility index (Phi) is 5.35. The lowest BCUT2D eigenvalue weighted by atomic mass is 10.3. The van der Waals surface area contributed by atoms with E-state index in [9.17, 15) is 18.0 Å². The van der Waals surface area contributed by atoms with Crippen LogP contribution >= 0.6 is 0 Å². The van der Waals surface area contributed by atoms with Crippen molar-refractivity contribution in [2.24, 2.45) is 0 Å². The van der Waals surface area contributed by atoms with Crippen LogP contribution in [0, 0.1) is 0 Å². The van der Waals surface area contributed by atoms with Gasteiger partial charge >= 0.3 is 12.1 Å². The first-order chi connectivity index (χ1) is 8.87. The van der Waals surface area contributed by atoms with Crippen molar-refractivity contribution in [3.63, 3.8) is 0 Å². The molecule has 1 N–H and O–H groups in total. The average Bonchev–Trinajstić information content (AvgIpc) is 2.32. The zero-order valence-corrected chi connectivity index (χ0v) is 9.85. The highest BCUT2D eigenvalue weighted by atomic mass is 19.4. The van der Waals surface area contributed by atoms with Gasteiger partial charge in [-0.25, -0.2) is 4.79 Å². The molecule has 4 nitrogen and oxygen atoms in total. The lowest BCUT2D eigenvalue weighted by molar-refractivity contribution is -0.136. The molecule has 0 aliphatic rings. The number of hydrogen-bond donors (Lipinski definition) is 1. The van der Waals surface area contributed by atoms with E-state index in [1.807, 2.05) is 0 Å². The minimum absolute atomic E-state index is 0.0501. The van der Waals surface area contributed by atoms with E-state index in [-0.39, 0.29) is 13.0 Å². The quantitative estimate of drug-likeness (QED) is 0.640. The third kappa shape index (κ3) is 7.07. The van der Waals surface area contributed by atoms with Gasteiger partial charge in [-0.15, -0.1) is 0 Å². The maximum Gasteiger partial charge on any atom is 0.389 e. The third-order valence-corrected chi connectivity index (χ3v) is 2.03. The number of aliphatic carboxylic acids is 1. The highest BCUT2D eigenvalue weighted by Gasteiger charge is 2.26. The van der Waals surface area contributed by atoms with E-state index in [4.69, 9.17) is 9.84 Å². The van der Waals surface area contributed by atoms with Crippen molar-refractivity contribution in [2.45, 2.75) is 19.0 Å². The van der Waals surface area contributed by atoms with Crippen LogP contribution in [0.15, 0.2) is 24.4 Å². The van der Waals surface area contributed by atoms with Gasteiger partial charge in [0.05, 0.1) is 18.5 Å². The summed E-state index contributed by atoms with van der Waals surface area (Å²) in [7, 11) is 0. The van der Waals surface area contributed by atoms with Crippen LogP contribution in [0.2, 0.25) is 0 Å². The minimum atomic E-state index is -4.17. The number of hydrogen-bond acceptors (Lipinski definition) is 3. The molecule has 0 aliphatic carbocycles. The molecule has 0 aliphatic heterocycles. The number of alkyl halides is 3. The maximum absolute atomic E-state index is 11.9.